The Labute approximate surface area is 130 Å². The number of anilines is 1. The van der Waals surface area contributed by atoms with Crippen LogP contribution in [0.15, 0.2) is 18.2 Å². The Morgan fingerprint density at radius 2 is 2.10 bits per heavy atom. The number of piperidine rings is 1. The predicted octanol–water partition coefficient (Wildman–Crippen LogP) is 2.73. The van der Waals surface area contributed by atoms with Crippen molar-refractivity contribution in [3.05, 3.63) is 23.2 Å². The molecule has 0 unspecified atom stereocenters. The maximum absolute atomic E-state index is 6.00. The van der Waals surface area contributed by atoms with Crippen molar-refractivity contribution in [2.75, 3.05) is 32.6 Å². The van der Waals surface area contributed by atoms with E-state index in [9.17, 15) is 0 Å². The third kappa shape index (κ3) is 4.23. The summed E-state index contributed by atoms with van der Waals surface area (Å²) in [5.41, 5.74) is 0.783. The van der Waals surface area contributed by atoms with Crippen LogP contribution in [0.1, 0.15) is 12.8 Å². The van der Waals surface area contributed by atoms with Gasteiger partial charge in [0.2, 0.25) is 0 Å². The van der Waals surface area contributed by atoms with Gasteiger partial charge in [-0.3, -0.25) is 0 Å². The minimum absolute atomic E-state index is 0.427. The average molecular weight is 314 g/mol. The van der Waals surface area contributed by atoms with Crippen LogP contribution in [0, 0.1) is 0 Å². The third-order valence-electron chi connectivity index (χ3n) is 3.46. The summed E-state index contributed by atoms with van der Waals surface area (Å²) in [5, 5.41) is 7.77. The minimum atomic E-state index is 0.427. The van der Waals surface area contributed by atoms with Crippen molar-refractivity contribution in [3.8, 4) is 5.75 Å². The first-order chi connectivity index (χ1) is 9.58. The summed E-state index contributed by atoms with van der Waals surface area (Å²) in [6.07, 6.45) is 2.20. The summed E-state index contributed by atoms with van der Waals surface area (Å²) < 4.78 is 5.29. The average Bonchev–Trinajstić information content (AvgIpc) is 2.41. The van der Waals surface area contributed by atoms with Crippen LogP contribution in [0.2, 0.25) is 5.02 Å². The molecule has 0 bridgehead atoms. The van der Waals surface area contributed by atoms with Crippen LogP contribution >= 0.6 is 23.8 Å². The van der Waals surface area contributed by atoms with Gasteiger partial charge in [0.25, 0.3) is 0 Å². The topological polar surface area (TPSA) is 36.5 Å². The second-order valence-corrected chi connectivity index (χ2v) is 5.87. The first-order valence-electron chi connectivity index (χ1n) is 6.68. The highest BCUT2D eigenvalue weighted by Crippen LogP contribution is 2.27. The van der Waals surface area contributed by atoms with Gasteiger partial charge >= 0.3 is 0 Å². The lowest BCUT2D eigenvalue weighted by Gasteiger charge is -2.30. The molecule has 1 heterocycles. The molecule has 1 fully saturated rings. The van der Waals surface area contributed by atoms with E-state index < -0.39 is 0 Å². The fourth-order valence-electron chi connectivity index (χ4n) is 2.27. The van der Waals surface area contributed by atoms with Crippen LogP contribution in [0.4, 0.5) is 5.69 Å². The SMILES string of the molecule is COc1ccc(Cl)cc1NC(=S)NC1CCN(C)CC1. The number of hydrogen-bond acceptors (Lipinski definition) is 3. The lowest BCUT2D eigenvalue weighted by Crippen LogP contribution is -2.44. The molecule has 2 N–H and O–H groups in total. The Hall–Kier alpha value is -1.04. The first-order valence-corrected chi connectivity index (χ1v) is 7.46. The zero-order valence-electron chi connectivity index (χ0n) is 11.8. The Kier molecular flexibility index (Phi) is 5.46. The molecule has 6 heteroatoms. The van der Waals surface area contributed by atoms with Gasteiger partial charge in [-0.15, -0.1) is 0 Å². The lowest BCUT2D eigenvalue weighted by molar-refractivity contribution is 0.247. The molecule has 20 heavy (non-hydrogen) atoms. The number of nitrogens with zero attached hydrogens (tertiary/aromatic N) is 1. The molecule has 0 atom stereocenters. The summed E-state index contributed by atoms with van der Waals surface area (Å²) >= 11 is 11.4. The fraction of sp³-hybridized carbons (Fsp3) is 0.500. The summed E-state index contributed by atoms with van der Waals surface area (Å²) in [5.74, 6) is 0.724. The van der Waals surface area contributed by atoms with E-state index in [0.717, 1.165) is 37.4 Å². The van der Waals surface area contributed by atoms with Gasteiger partial charge in [-0.25, -0.2) is 0 Å². The van der Waals surface area contributed by atoms with Crippen molar-refractivity contribution in [2.45, 2.75) is 18.9 Å². The van der Waals surface area contributed by atoms with Gasteiger partial charge in [0.15, 0.2) is 5.11 Å². The predicted molar refractivity (Wildman–Crippen MR) is 87.9 cm³/mol. The number of halogens is 1. The van der Waals surface area contributed by atoms with Crippen molar-refractivity contribution < 1.29 is 4.74 Å². The highest BCUT2D eigenvalue weighted by Gasteiger charge is 2.17. The van der Waals surface area contributed by atoms with Crippen molar-refractivity contribution in [1.29, 1.82) is 0 Å². The Morgan fingerprint density at radius 3 is 2.75 bits per heavy atom. The van der Waals surface area contributed by atoms with Crippen molar-refractivity contribution in [3.63, 3.8) is 0 Å². The van der Waals surface area contributed by atoms with E-state index in [4.69, 9.17) is 28.6 Å². The Bertz CT molecular complexity index is 475. The quantitative estimate of drug-likeness (QED) is 0.839. The number of nitrogens with one attached hydrogen (secondary N) is 2. The number of thiocarbonyl (C=S) groups is 1. The number of rotatable bonds is 3. The van der Waals surface area contributed by atoms with Crippen LogP contribution in [0.3, 0.4) is 0 Å². The molecule has 1 aliphatic rings. The molecule has 1 aliphatic heterocycles. The van der Waals surface area contributed by atoms with E-state index in [0.29, 0.717) is 16.2 Å². The van der Waals surface area contributed by atoms with Gasteiger partial charge in [0.1, 0.15) is 5.75 Å². The molecule has 0 saturated carbocycles. The summed E-state index contributed by atoms with van der Waals surface area (Å²) in [6, 6.07) is 5.85. The highest BCUT2D eigenvalue weighted by molar-refractivity contribution is 7.80. The number of ether oxygens (including phenoxy) is 1. The van der Waals surface area contributed by atoms with E-state index in [2.05, 4.69) is 22.6 Å². The zero-order valence-corrected chi connectivity index (χ0v) is 13.4. The van der Waals surface area contributed by atoms with Crippen molar-refractivity contribution in [2.24, 2.45) is 0 Å². The first kappa shape index (κ1) is 15.4. The third-order valence-corrected chi connectivity index (χ3v) is 3.92. The lowest BCUT2D eigenvalue weighted by atomic mass is 10.1. The molecule has 0 radical (unpaired) electrons. The molecule has 0 spiro atoms. The molecular formula is C14H20ClN3OS. The van der Waals surface area contributed by atoms with Crippen LogP contribution in [-0.4, -0.2) is 43.3 Å². The van der Waals surface area contributed by atoms with Gasteiger partial charge < -0.3 is 20.3 Å². The molecule has 1 aromatic rings. The van der Waals surface area contributed by atoms with E-state index in [-0.39, 0.29) is 0 Å². The normalized spacial score (nSPS) is 16.8. The molecule has 0 aliphatic carbocycles. The van der Waals surface area contributed by atoms with Crippen molar-refractivity contribution in [1.82, 2.24) is 10.2 Å². The second-order valence-electron chi connectivity index (χ2n) is 5.02. The molecule has 0 amide bonds. The molecule has 1 saturated heterocycles. The Morgan fingerprint density at radius 1 is 1.40 bits per heavy atom. The maximum atomic E-state index is 6.00. The number of benzene rings is 1. The molecular weight excluding hydrogens is 294 g/mol. The van der Waals surface area contributed by atoms with Crippen LogP contribution in [0.5, 0.6) is 5.75 Å². The fourth-order valence-corrected chi connectivity index (χ4v) is 2.72. The number of likely N-dealkylation sites (tertiary alicyclic amines) is 1. The zero-order chi connectivity index (χ0) is 14.5. The van der Waals surface area contributed by atoms with Gasteiger partial charge in [-0.05, 0) is 63.4 Å². The van der Waals surface area contributed by atoms with Crippen LogP contribution < -0.4 is 15.4 Å². The largest absolute Gasteiger partial charge is 0.495 e. The number of hydrogen-bond donors (Lipinski definition) is 2. The minimum Gasteiger partial charge on any atom is -0.495 e. The summed E-state index contributed by atoms with van der Waals surface area (Å²) in [7, 11) is 3.77. The maximum Gasteiger partial charge on any atom is 0.171 e. The molecule has 4 nitrogen and oxygen atoms in total. The van der Waals surface area contributed by atoms with Gasteiger partial charge in [0, 0.05) is 11.1 Å². The van der Waals surface area contributed by atoms with Crippen LogP contribution in [0.25, 0.3) is 0 Å². The second kappa shape index (κ2) is 7.11. The standard InChI is InChI=1S/C14H20ClN3OS/c1-18-7-5-11(6-8-18)16-14(20)17-12-9-10(15)3-4-13(12)19-2/h3-4,9,11H,5-8H2,1-2H3,(H2,16,17,20). The van der Waals surface area contributed by atoms with Crippen LogP contribution in [-0.2, 0) is 0 Å². The number of methoxy groups -OCH3 is 1. The molecule has 1 aromatic carbocycles. The van der Waals surface area contributed by atoms with Gasteiger partial charge in [0.05, 0.1) is 12.8 Å². The van der Waals surface area contributed by atoms with E-state index in [1.54, 1.807) is 13.2 Å². The summed E-state index contributed by atoms with van der Waals surface area (Å²) in [4.78, 5) is 2.33. The van der Waals surface area contributed by atoms with Crippen molar-refractivity contribution >= 4 is 34.6 Å². The molecule has 0 aromatic heterocycles. The smallest absolute Gasteiger partial charge is 0.171 e. The Balaban J connectivity index is 1.92. The highest BCUT2D eigenvalue weighted by atomic mass is 35.5. The van der Waals surface area contributed by atoms with E-state index >= 15 is 0 Å². The monoisotopic (exact) mass is 313 g/mol. The van der Waals surface area contributed by atoms with E-state index in [1.165, 1.54) is 0 Å². The summed E-state index contributed by atoms with van der Waals surface area (Å²) in [6.45, 7) is 2.20. The van der Waals surface area contributed by atoms with Gasteiger partial charge in [-0.1, -0.05) is 11.6 Å². The molecule has 2 rings (SSSR count). The van der Waals surface area contributed by atoms with E-state index in [1.807, 2.05) is 12.1 Å². The molecule has 110 valence electrons. The van der Waals surface area contributed by atoms with Gasteiger partial charge in [-0.2, -0.15) is 0 Å².